The Morgan fingerprint density at radius 1 is 0.261 bits per heavy atom. The molecule has 0 saturated heterocycles. The molecule has 7 rings (SSSR count). The molecule has 46 heavy (non-hydrogen) atoms. The van der Waals surface area contributed by atoms with Crippen LogP contribution in [0.2, 0.25) is 0 Å². The normalized spacial score (nSPS) is 10.8. The van der Waals surface area contributed by atoms with Gasteiger partial charge in [-0.05, 0) is 108 Å². The van der Waals surface area contributed by atoms with Crippen LogP contribution in [0.25, 0.3) is 22.3 Å². The second-order valence-electron chi connectivity index (χ2n) is 11.6. The summed E-state index contributed by atoms with van der Waals surface area (Å²) in [7, 11) is 0. The van der Waals surface area contributed by atoms with E-state index in [9.17, 15) is 0 Å². The molecule has 0 aromatic heterocycles. The molecule has 0 aliphatic carbocycles. The van der Waals surface area contributed by atoms with Crippen molar-refractivity contribution in [1.29, 1.82) is 0 Å². The van der Waals surface area contributed by atoms with Crippen LogP contribution in [-0.2, 0) is 0 Å². The van der Waals surface area contributed by atoms with Crippen molar-refractivity contribution in [3.05, 3.63) is 193 Å². The van der Waals surface area contributed by atoms with E-state index in [0.717, 1.165) is 22.7 Å². The Bertz CT molecular complexity index is 1880. The quantitative estimate of drug-likeness (QED) is 0.173. The molecule has 7 aromatic rings. The summed E-state index contributed by atoms with van der Waals surface area (Å²) >= 11 is 0. The van der Waals surface area contributed by atoms with Gasteiger partial charge in [-0.25, -0.2) is 0 Å². The third kappa shape index (κ3) is 5.94. The molecule has 0 bridgehead atoms. The lowest BCUT2D eigenvalue weighted by atomic mass is 9.99. The number of hydrogen-bond acceptors (Lipinski definition) is 2. The fraction of sp³-hybridized carbons (Fsp3) is 0.0455. The van der Waals surface area contributed by atoms with Gasteiger partial charge in [-0.2, -0.15) is 0 Å². The Kier molecular flexibility index (Phi) is 8.17. The topological polar surface area (TPSA) is 6.48 Å². The molecule has 7 aromatic carbocycles. The van der Waals surface area contributed by atoms with Crippen LogP contribution in [0.1, 0.15) is 11.1 Å². The summed E-state index contributed by atoms with van der Waals surface area (Å²) in [6, 6.07) is 64.8. The smallest absolute Gasteiger partial charge is 0.0490 e. The number of nitrogens with zero attached hydrogens (tertiary/aromatic N) is 2. The third-order valence-corrected chi connectivity index (χ3v) is 8.54. The molecule has 0 N–H and O–H groups in total. The summed E-state index contributed by atoms with van der Waals surface area (Å²) in [4.78, 5) is 4.65. The van der Waals surface area contributed by atoms with Crippen LogP contribution >= 0.6 is 0 Å². The maximum atomic E-state index is 2.32. The highest BCUT2D eigenvalue weighted by Crippen LogP contribution is 2.39. The molecule has 0 spiro atoms. The minimum Gasteiger partial charge on any atom is -0.310 e. The maximum absolute atomic E-state index is 2.32. The fourth-order valence-corrected chi connectivity index (χ4v) is 6.10. The summed E-state index contributed by atoms with van der Waals surface area (Å²) in [5.41, 5.74) is 14.2. The van der Waals surface area contributed by atoms with Gasteiger partial charge in [0.1, 0.15) is 0 Å². The van der Waals surface area contributed by atoms with Gasteiger partial charge in [0.05, 0.1) is 0 Å². The van der Waals surface area contributed by atoms with Crippen LogP contribution in [0.4, 0.5) is 34.1 Å². The molecule has 0 amide bonds. The van der Waals surface area contributed by atoms with E-state index < -0.39 is 0 Å². The molecular formula is C44H36N2. The van der Waals surface area contributed by atoms with Crippen LogP contribution in [0.3, 0.4) is 0 Å². The Morgan fingerprint density at radius 2 is 0.522 bits per heavy atom. The fourth-order valence-electron chi connectivity index (χ4n) is 6.10. The van der Waals surface area contributed by atoms with Gasteiger partial charge in [0.25, 0.3) is 0 Å². The molecule has 0 atom stereocenters. The highest BCUT2D eigenvalue weighted by molar-refractivity contribution is 5.82. The molecule has 0 saturated carbocycles. The molecule has 2 heteroatoms. The predicted octanol–water partition coefficient (Wildman–Crippen LogP) is 12.6. The largest absolute Gasteiger partial charge is 0.310 e. The van der Waals surface area contributed by atoms with Crippen molar-refractivity contribution >= 4 is 34.1 Å². The SMILES string of the molecule is Cc1ccccc1N(c1ccccc1)c1ccc(-c2ccc(-c3ccc(N(c4ccccc4)c4ccccc4C)cc3)cc2)cc1. The van der Waals surface area contributed by atoms with Crippen molar-refractivity contribution < 1.29 is 0 Å². The van der Waals surface area contributed by atoms with E-state index in [0.29, 0.717) is 0 Å². The first-order valence-corrected chi connectivity index (χ1v) is 15.8. The summed E-state index contributed by atoms with van der Waals surface area (Å²) < 4.78 is 0. The van der Waals surface area contributed by atoms with Crippen LogP contribution < -0.4 is 9.80 Å². The van der Waals surface area contributed by atoms with E-state index in [1.54, 1.807) is 0 Å². The predicted molar refractivity (Wildman–Crippen MR) is 196 cm³/mol. The number of rotatable bonds is 8. The zero-order valence-corrected chi connectivity index (χ0v) is 26.2. The van der Waals surface area contributed by atoms with Crippen molar-refractivity contribution in [2.75, 3.05) is 9.80 Å². The zero-order chi connectivity index (χ0) is 31.3. The van der Waals surface area contributed by atoms with Crippen molar-refractivity contribution in [3.63, 3.8) is 0 Å². The minimum atomic E-state index is 1.14. The number of para-hydroxylation sites is 4. The molecule has 0 aliphatic heterocycles. The first-order valence-electron chi connectivity index (χ1n) is 15.8. The summed E-state index contributed by atoms with van der Waals surface area (Å²) in [6.45, 7) is 4.33. The molecule has 0 unspecified atom stereocenters. The lowest BCUT2D eigenvalue weighted by Crippen LogP contribution is -2.11. The number of benzene rings is 7. The van der Waals surface area contributed by atoms with Gasteiger partial charge in [-0.15, -0.1) is 0 Å². The highest BCUT2D eigenvalue weighted by Gasteiger charge is 2.15. The van der Waals surface area contributed by atoms with E-state index in [1.807, 2.05) is 0 Å². The van der Waals surface area contributed by atoms with Gasteiger partial charge >= 0.3 is 0 Å². The minimum absolute atomic E-state index is 1.14. The maximum Gasteiger partial charge on any atom is 0.0490 e. The Hall–Kier alpha value is -5.86. The lowest BCUT2D eigenvalue weighted by molar-refractivity contribution is 1.25. The van der Waals surface area contributed by atoms with E-state index in [4.69, 9.17) is 0 Å². The zero-order valence-electron chi connectivity index (χ0n) is 26.2. The van der Waals surface area contributed by atoms with E-state index in [1.165, 1.54) is 44.8 Å². The van der Waals surface area contributed by atoms with Gasteiger partial charge < -0.3 is 9.80 Å². The standard InChI is InChI=1S/C44H36N2/c1-33-13-9-11-19-43(33)45(39-15-5-3-6-16-39)41-29-25-37(26-30-41)35-21-23-36(24-22-35)38-27-31-42(32-28-38)46(40-17-7-4-8-18-40)44-20-12-10-14-34(44)2/h3-32H,1-2H3. The second kappa shape index (κ2) is 13.0. The van der Waals surface area contributed by atoms with Gasteiger partial charge in [0, 0.05) is 34.1 Å². The lowest BCUT2D eigenvalue weighted by Gasteiger charge is -2.27. The Morgan fingerprint density at radius 3 is 0.848 bits per heavy atom. The van der Waals surface area contributed by atoms with Crippen molar-refractivity contribution in [1.82, 2.24) is 0 Å². The number of aryl methyl sites for hydroxylation is 2. The van der Waals surface area contributed by atoms with Crippen LogP contribution in [0.5, 0.6) is 0 Å². The third-order valence-electron chi connectivity index (χ3n) is 8.54. The highest BCUT2D eigenvalue weighted by atomic mass is 15.1. The number of anilines is 6. The average Bonchev–Trinajstić information content (AvgIpc) is 3.12. The molecule has 0 heterocycles. The van der Waals surface area contributed by atoms with Crippen molar-refractivity contribution in [2.24, 2.45) is 0 Å². The van der Waals surface area contributed by atoms with Crippen molar-refractivity contribution in [3.8, 4) is 22.3 Å². The van der Waals surface area contributed by atoms with E-state index in [-0.39, 0.29) is 0 Å². The average molecular weight is 593 g/mol. The summed E-state index contributed by atoms with van der Waals surface area (Å²) in [5, 5.41) is 0. The van der Waals surface area contributed by atoms with Crippen molar-refractivity contribution in [2.45, 2.75) is 13.8 Å². The van der Waals surface area contributed by atoms with Gasteiger partial charge in [-0.3, -0.25) is 0 Å². The van der Waals surface area contributed by atoms with Crippen LogP contribution in [-0.4, -0.2) is 0 Å². The second-order valence-corrected chi connectivity index (χ2v) is 11.6. The molecule has 222 valence electrons. The Balaban J connectivity index is 1.14. The number of hydrogen-bond donors (Lipinski definition) is 0. The summed E-state index contributed by atoms with van der Waals surface area (Å²) in [6.07, 6.45) is 0. The molecule has 0 fully saturated rings. The van der Waals surface area contributed by atoms with Crippen LogP contribution in [0, 0.1) is 13.8 Å². The molecule has 0 radical (unpaired) electrons. The Labute approximate surface area is 272 Å². The molecule has 0 aliphatic rings. The first kappa shape index (κ1) is 28.9. The van der Waals surface area contributed by atoms with E-state index in [2.05, 4.69) is 206 Å². The van der Waals surface area contributed by atoms with Gasteiger partial charge in [0.15, 0.2) is 0 Å². The first-order chi connectivity index (χ1) is 22.7. The van der Waals surface area contributed by atoms with Gasteiger partial charge in [-0.1, -0.05) is 121 Å². The van der Waals surface area contributed by atoms with E-state index >= 15 is 0 Å². The van der Waals surface area contributed by atoms with Gasteiger partial charge in [0.2, 0.25) is 0 Å². The molecular weight excluding hydrogens is 556 g/mol. The summed E-state index contributed by atoms with van der Waals surface area (Å²) in [5.74, 6) is 0. The molecule has 2 nitrogen and oxygen atoms in total. The van der Waals surface area contributed by atoms with Crippen LogP contribution in [0.15, 0.2) is 182 Å². The monoisotopic (exact) mass is 592 g/mol.